The topological polar surface area (TPSA) is 75.2 Å². The first kappa shape index (κ1) is 20.9. The summed E-state index contributed by atoms with van der Waals surface area (Å²) in [6.45, 7) is 3.58. The van der Waals surface area contributed by atoms with Crippen molar-refractivity contribution in [2.75, 3.05) is 10.2 Å². The van der Waals surface area contributed by atoms with Gasteiger partial charge in [0.05, 0.1) is 0 Å². The van der Waals surface area contributed by atoms with Gasteiger partial charge in [0.15, 0.2) is 0 Å². The molecule has 0 aliphatic rings. The van der Waals surface area contributed by atoms with Gasteiger partial charge in [0.1, 0.15) is 12.4 Å². The highest BCUT2D eigenvalue weighted by Gasteiger charge is 2.32. The lowest BCUT2D eigenvalue weighted by Crippen LogP contribution is -2.41. The summed E-state index contributed by atoms with van der Waals surface area (Å²) in [6, 6.07) is 13.0. The minimum Gasteiger partial charge on any atom is -0.324 e. The smallest absolute Gasteiger partial charge is 0.252 e. The molecule has 3 rings (SSSR count). The third-order valence-corrected chi connectivity index (χ3v) is 5.00. The van der Waals surface area contributed by atoms with Crippen LogP contribution >= 0.6 is 34.2 Å². The van der Waals surface area contributed by atoms with E-state index in [0.29, 0.717) is 22.0 Å². The largest absolute Gasteiger partial charge is 0.324 e. The maximum absolute atomic E-state index is 13.3. The number of carbonyl (C=O) groups is 2. The standard InChI is InChI=1S/C21H16ClIN4O2/c1-2-19(28)27(18-9-5-16(23)6-10-18)20(14-11-24-13-25-12-14)21(29)26-17-7-3-15(22)4-8-17/h2-13,20H,1H2,(H,26,29). The monoisotopic (exact) mass is 518 g/mol. The van der Waals surface area contributed by atoms with Crippen LogP contribution < -0.4 is 10.2 Å². The van der Waals surface area contributed by atoms with Crippen molar-refractivity contribution in [3.05, 3.63) is 94.1 Å². The molecule has 29 heavy (non-hydrogen) atoms. The van der Waals surface area contributed by atoms with Crippen molar-refractivity contribution >= 4 is 57.4 Å². The van der Waals surface area contributed by atoms with E-state index >= 15 is 0 Å². The van der Waals surface area contributed by atoms with Gasteiger partial charge in [-0.2, -0.15) is 0 Å². The summed E-state index contributed by atoms with van der Waals surface area (Å²) in [5.74, 6) is -0.845. The third-order valence-electron chi connectivity index (χ3n) is 4.03. The second-order valence-electron chi connectivity index (χ2n) is 5.96. The van der Waals surface area contributed by atoms with Crippen molar-refractivity contribution in [2.24, 2.45) is 0 Å². The molecule has 1 aromatic heterocycles. The van der Waals surface area contributed by atoms with Gasteiger partial charge < -0.3 is 5.32 Å². The Morgan fingerprint density at radius 2 is 1.69 bits per heavy atom. The number of aromatic nitrogens is 2. The maximum Gasteiger partial charge on any atom is 0.252 e. The molecular weight excluding hydrogens is 503 g/mol. The zero-order valence-electron chi connectivity index (χ0n) is 15.1. The molecule has 0 fully saturated rings. The number of halogens is 2. The summed E-state index contributed by atoms with van der Waals surface area (Å²) in [4.78, 5) is 35.4. The van der Waals surface area contributed by atoms with Crippen LogP contribution in [0.3, 0.4) is 0 Å². The molecule has 146 valence electrons. The molecule has 1 heterocycles. The highest BCUT2D eigenvalue weighted by molar-refractivity contribution is 14.1. The highest BCUT2D eigenvalue weighted by Crippen LogP contribution is 2.29. The third kappa shape index (κ3) is 5.18. The molecular formula is C21H16ClIN4O2. The van der Waals surface area contributed by atoms with E-state index in [4.69, 9.17) is 11.6 Å². The Hall–Kier alpha value is -2.78. The summed E-state index contributed by atoms with van der Waals surface area (Å²) in [5.41, 5.74) is 1.57. The van der Waals surface area contributed by atoms with Crippen LogP contribution in [0.1, 0.15) is 11.6 Å². The number of rotatable bonds is 6. The second kappa shape index (κ2) is 9.62. The van der Waals surface area contributed by atoms with E-state index in [1.807, 2.05) is 12.1 Å². The van der Waals surface area contributed by atoms with Crippen LogP contribution in [-0.4, -0.2) is 21.8 Å². The van der Waals surface area contributed by atoms with Gasteiger partial charge in [-0.15, -0.1) is 0 Å². The van der Waals surface area contributed by atoms with E-state index in [1.165, 1.54) is 29.7 Å². The van der Waals surface area contributed by atoms with Crippen LogP contribution in [0, 0.1) is 3.57 Å². The van der Waals surface area contributed by atoms with E-state index < -0.39 is 17.9 Å². The minimum atomic E-state index is -1.00. The van der Waals surface area contributed by atoms with Gasteiger partial charge in [-0.05, 0) is 77.2 Å². The number of hydrogen-bond donors (Lipinski definition) is 1. The molecule has 0 aliphatic heterocycles. The molecule has 0 aliphatic carbocycles. The van der Waals surface area contributed by atoms with E-state index in [-0.39, 0.29) is 0 Å². The summed E-state index contributed by atoms with van der Waals surface area (Å²) < 4.78 is 1.00. The summed E-state index contributed by atoms with van der Waals surface area (Å²) in [6.07, 6.45) is 5.55. The molecule has 0 bridgehead atoms. The Bertz CT molecular complexity index is 1010. The first-order valence-electron chi connectivity index (χ1n) is 8.52. The number of anilines is 2. The molecule has 2 amide bonds. The van der Waals surface area contributed by atoms with Crippen molar-refractivity contribution in [2.45, 2.75) is 6.04 Å². The molecule has 1 atom stereocenters. The quantitative estimate of drug-likeness (QED) is 0.381. The van der Waals surface area contributed by atoms with Crippen LogP contribution in [0.2, 0.25) is 5.02 Å². The lowest BCUT2D eigenvalue weighted by Gasteiger charge is -2.30. The maximum atomic E-state index is 13.3. The van der Waals surface area contributed by atoms with Gasteiger partial charge >= 0.3 is 0 Å². The lowest BCUT2D eigenvalue weighted by molar-refractivity contribution is -0.121. The fourth-order valence-electron chi connectivity index (χ4n) is 2.72. The van der Waals surface area contributed by atoms with E-state index in [9.17, 15) is 9.59 Å². The van der Waals surface area contributed by atoms with Gasteiger partial charge in [0, 0.05) is 37.9 Å². The second-order valence-corrected chi connectivity index (χ2v) is 7.64. The number of amides is 2. The predicted molar refractivity (Wildman–Crippen MR) is 122 cm³/mol. The molecule has 1 unspecified atom stereocenters. The molecule has 0 saturated heterocycles. The van der Waals surface area contributed by atoms with Crippen molar-refractivity contribution in [3.63, 3.8) is 0 Å². The summed E-state index contributed by atoms with van der Waals surface area (Å²) >= 11 is 8.09. The lowest BCUT2D eigenvalue weighted by atomic mass is 10.1. The van der Waals surface area contributed by atoms with Crippen LogP contribution in [0.5, 0.6) is 0 Å². The molecule has 8 heteroatoms. The SMILES string of the molecule is C=CC(=O)N(c1ccc(I)cc1)C(C(=O)Nc1ccc(Cl)cc1)c1cncnc1. The molecule has 3 aromatic rings. The first-order valence-corrected chi connectivity index (χ1v) is 9.98. The fourth-order valence-corrected chi connectivity index (χ4v) is 3.20. The van der Waals surface area contributed by atoms with Crippen LogP contribution in [0.15, 0.2) is 79.9 Å². The Kier molecular flexibility index (Phi) is 6.95. The van der Waals surface area contributed by atoms with Crippen molar-refractivity contribution in [1.29, 1.82) is 0 Å². The predicted octanol–water partition coefficient (Wildman–Crippen LogP) is 4.63. The highest BCUT2D eigenvalue weighted by atomic mass is 127. The fraction of sp³-hybridized carbons (Fsp3) is 0.0476. The summed E-state index contributed by atoms with van der Waals surface area (Å²) in [7, 11) is 0. The van der Waals surface area contributed by atoms with E-state index in [1.54, 1.807) is 36.4 Å². The van der Waals surface area contributed by atoms with E-state index in [0.717, 1.165) is 3.57 Å². The molecule has 1 N–H and O–H groups in total. The van der Waals surface area contributed by atoms with Crippen LogP contribution in [0.25, 0.3) is 0 Å². The number of carbonyl (C=O) groups excluding carboxylic acids is 2. The van der Waals surface area contributed by atoms with Gasteiger partial charge in [0.2, 0.25) is 0 Å². The Balaban J connectivity index is 2.05. The molecule has 0 saturated carbocycles. The number of nitrogens with one attached hydrogen (secondary N) is 1. The summed E-state index contributed by atoms with van der Waals surface area (Å²) in [5, 5.41) is 3.38. The average molecular weight is 519 g/mol. The van der Waals surface area contributed by atoms with Crippen molar-refractivity contribution < 1.29 is 9.59 Å². The number of benzene rings is 2. The van der Waals surface area contributed by atoms with Crippen molar-refractivity contribution in [1.82, 2.24) is 9.97 Å². The zero-order valence-corrected chi connectivity index (χ0v) is 18.0. The molecule has 2 aromatic carbocycles. The van der Waals surface area contributed by atoms with Gasteiger partial charge in [-0.3, -0.25) is 14.5 Å². The Morgan fingerprint density at radius 1 is 1.07 bits per heavy atom. The Labute approximate surface area is 186 Å². The van der Waals surface area contributed by atoms with Gasteiger partial charge in [0.25, 0.3) is 11.8 Å². The van der Waals surface area contributed by atoms with Gasteiger partial charge in [-0.1, -0.05) is 18.2 Å². The van der Waals surface area contributed by atoms with E-state index in [2.05, 4.69) is 44.5 Å². The number of nitrogens with zero attached hydrogens (tertiary/aromatic N) is 3. The van der Waals surface area contributed by atoms with Crippen molar-refractivity contribution in [3.8, 4) is 0 Å². The first-order chi connectivity index (χ1) is 14.0. The zero-order chi connectivity index (χ0) is 20.8. The normalized spacial score (nSPS) is 11.4. The Morgan fingerprint density at radius 3 is 2.28 bits per heavy atom. The van der Waals surface area contributed by atoms with Crippen LogP contribution in [-0.2, 0) is 9.59 Å². The molecule has 0 spiro atoms. The number of hydrogen-bond acceptors (Lipinski definition) is 4. The van der Waals surface area contributed by atoms with Gasteiger partial charge in [-0.25, -0.2) is 9.97 Å². The van der Waals surface area contributed by atoms with Crippen LogP contribution in [0.4, 0.5) is 11.4 Å². The molecule has 0 radical (unpaired) electrons. The minimum absolute atomic E-state index is 0.420. The molecule has 6 nitrogen and oxygen atoms in total. The average Bonchev–Trinajstić information content (AvgIpc) is 2.74.